The third-order valence-electron chi connectivity index (χ3n) is 7.65. The van der Waals surface area contributed by atoms with E-state index in [0.717, 1.165) is 47.7 Å². The summed E-state index contributed by atoms with van der Waals surface area (Å²) in [4.78, 5) is 31.0. The molecule has 1 unspecified atom stereocenters. The summed E-state index contributed by atoms with van der Waals surface area (Å²) in [5, 5.41) is 5.38. The molecule has 1 N–H and O–H groups in total. The number of rotatable bonds is 7. The van der Waals surface area contributed by atoms with Crippen molar-refractivity contribution in [3.63, 3.8) is 0 Å². The van der Waals surface area contributed by atoms with Crippen molar-refractivity contribution in [1.29, 1.82) is 0 Å². The first-order valence-corrected chi connectivity index (χ1v) is 13.9. The Labute approximate surface area is 211 Å². The zero-order chi connectivity index (χ0) is 24.2. The van der Waals surface area contributed by atoms with Gasteiger partial charge in [-0.2, -0.15) is 0 Å². The van der Waals surface area contributed by atoms with Gasteiger partial charge in [-0.3, -0.25) is 9.59 Å². The van der Waals surface area contributed by atoms with Crippen LogP contribution in [0.3, 0.4) is 0 Å². The number of piperidine rings is 2. The Morgan fingerprint density at radius 1 is 1.00 bits per heavy atom. The van der Waals surface area contributed by atoms with Gasteiger partial charge in [0.15, 0.2) is 0 Å². The van der Waals surface area contributed by atoms with E-state index >= 15 is 0 Å². The van der Waals surface area contributed by atoms with Crippen molar-refractivity contribution in [1.82, 2.24) is 19.7 Å². The molecule has 2 saturated heterocycles. The lowest BCUT2D eigenvalue weighted by Crippen LogP contribution is -2.43. The van der Waals surface area contributed by atoms with Crippen LogP contribution >= 0.6 is 11.3 Å². The molecule has 6 nitrogen and oxygen atoms in total. The van der Waals surface area contributed by atoms with Crippen molar-refractivity contribution >= 4 is 34.1 Å². The first-order valence-electron chi connectivity index (χ1n) is 13.1. The summed E-state index contributed by atoms with van der Waals surface area (Å²) in [6.07, 6.45) is 8.46. The number of hydrogen-bond donors (Lipinski definition) is 1. The Morgan fingerprint density at radius 2 is 1.83 bits per heavy atom. The predicted molar refractivity (Wildman–Crippen MR) is 142 cm³/mol. The van der Waals surface area contributed by atoms with Gasteiger partial charge in [-0.15, -0.1) is 11.3 Å². The number of nitrogens with one attached hydrogen (secondary N) is 1. The maximum absolute atomic E-state index is 13.1. The molecule has 0 radical (unpaired) electrons. The molecule has 0 bridgehead atoms. The Bertz CT molecular complexity index is 1160. The highest BCUT2D eigenvalue weighted by Crippen LogP contribution is 2.28. The number of aromatic nitrogens is 1. The number of amides is 2. The van der Waals surface area contributed by atoms with E-state index in [-0.39, 0.29) is 17.7 Å². The lowest BCUT2D eigenvalue weighted by Gasteiger charge is -2.33. The largest absolute Gasteiger partial charge is 0.356 e. The van der Waals surface area contributed by atoms with Gasteiger partial charge in [0.05, 0.1) is 10.4 Å². The van der Waals surface area contributed by atoms with Crippen molar-refractivity contribution in [2.45, 2.75) is 51.5 Å². The number of fused-ring (bicyclic) bond motifs is 1. The SMILES string of the molecule is CC1CCCCN1CCCNC(=O)C1CCN(C(=O)c2ccc(-n3ccc4ccccc43)s2)CC1. The number of nitrogens with zero attached hydrogens (tertiary/aromatic N) is 3. The van der Waals surface area contributed by atoms with Crippen LogP contribution in [-0.2, 0) is 4.79 Å². The molecule has 35 heavy (non-hydrogen) atoms. The molecule has 1 aromatic carbocycles. The summed E-state index contributed by atoms with van der Waals surface area (Å²) >= 11 is 1.53. The molecular weight excluding hydrogens is 456 g/mol. The van der Waals surface area contributed by atoms with Crippen molar-refractivity contribution < 1.29 is 9.59 Å². The molecule has 0 saturated carbocycles. The van der Waals surface area contributed by atoms with Gasteiger partial charge < -0.3 is 19.7 Å². The number of carbonyl (C=O) groups is 2. The fourth-order valence-corrected chi connectivity index (χ4v) is 6.45. The average Bonchev–Trinajstić information content (AvgIpc) is 3.54. The van der Waals surface area contributed by atoms with Crippen LogP contribution in [0.4, 0.5) is 0 Å². The smallest absolute Gasteiger partial charge is 0.263 e. The number of benzene rings is 1. The van der Waals surface area contributed by atoms with E-state index in [1.807, 2.05) is 29.2 Å². The minimum absolute atomic E-state index is 0.0121. The molecule has 186 valence electrons. The van der Waals surface area contributed by atoms with Crippen LogP contribution in [0.25, 0.3) is 15.9 Å². The van der Waals surface area contributed by atoms with Crippen molar-refractivity contribution in [3.8, 4) is 5.00 Å². The van der Waals surface area contributed by atoms with Gasteiger partial charge in [0, 0.05) is 44.3 Å². The van der Waals surface area contributed by atoms with Crippen molar-refractivity contribution in [3.05, 3.63) is 53.5 Å². The maximum atomic E-state index is 13.1. The van der Waals surface area contributed by atoms with Crippen LogP contribution < -0.4 is 5.32 Å². The van der Waals surface area contributed by atoms with Gasteiger partial charge in [-0.1, -0.05) is 24.6 Å². The summed E-state index contributed by atoms with van der Waals surface area (Å²) < 4.78 is 2.14. The molecular formula is C28H36N4O2S. The molecule has 7 heteroatoms. The van der Waals surface area contributed by atoms with Crippen molar-refractivity contribution in [2.24, 2.45) is 5.92 Å². The number of likely N-dealkylation sites (tertiary alicyclic amines) is 2. The average molecular weight is 493 g/mol. The summed E-state index contributed by atoms with van der Waals surface area (Å²) in [5.74, 6) is 0.243. The molecule has 2 fully saturated rings. The fourth-order valence-electron chi connectivity index (χ4n) is 5.48. The van der Waals surface area contributed by atoms with Crippen LogP contribution in [0.2, 0.25) is 0 Å². The molecule has 1 atom stereocenters. The molecule has 2 aromatic heterocycles. The van der Waals surface area contributed by atoms with Gasteiger partial charge in [0.1, 0.15) is 5.00 Å². The molecule has 5 rings (SSSR count). The van der Waals surface area contributed by atoms with Crippen LogP contribution in [0, 0.1) is 5.92 Å². The van der Waals surface area contributed by atoms with Gasteiger partial charge in [-0.25, -0.2) is 0 Å². The second-order valence-electron chi connectivity index (χ2n) is 9.97. The third kappa shape index (κ3) is 5.46. The van der Waals surface area contributed by atoms with Gasteiger partial charge in [0.25, 0.3) is 5.91 Å². The van der Waals surface area contributed by atoms with Crippen LogP contribution in [0.1, 0.15) is 55.1 Å². The minimum atomic E-state index is 0.0121. The molecule has 3 aromatic rings. The summed E-state index contributed by atoms with van der Waals surface area (Å²) in [6, 6.07) is 15.0. The Kier molecular flexibility index (Phi) is 7.54. The molecule has 2 amide bonds. The molecule has 0 spiro atoms. The first kappa shape index (κ1) is 24.1. The van der Waals surface area contributed by atoms with Crippen LogP contribution in [-0.4, -0.2) is 64.9 Å². The number of para-hydroxylation sites is 1. The lowest BCUT2D eigenvalue weighted by molar-refractivity contribution is -0.126. The number of carbonyl (C=O) groups excluding carboxylic acids is 2. The summed E-state index contributed by atoms with van der Waals surface area (Å²) in [6.45, 7) is 6.59. The van der Waals surface area contributed by atoms with Gasteiger partial charge >= 0.3 is 0 Å². The second-order valence-corrected chi connectivity index (χ2v) is 11.0. The highest BCUT2D eigenvalue weighted by atomic mass is 32.1. The Balaban J connectivity index is 1.08. The fraction of sp³-hybridized carbons (Fsp3) is 0.500. The second kappa shape index (κ2) is 11.0. The molecule has 0 aliphatic carbocycles. The van der Waals surface area contributed by atoms with E-state index in [4.69, 9.17) is 0 Å². The zero-order valence-electron chi connectivity index (χ0n) is 20.6. The van der Waals surface area contributed by atoms with Gasteiger partial charge in [0.2, 0.25) is 5.91 Å². The highest BCUT2D eigenvalue weighted by Gasteiger charge is 2.28. The number of hydrogen-bond acceptors (Lipinski definition) is 4. The van der Waals surface area contributed by atoms with Gasteiger partial charge in [-0.05, 0) is 75.2 Å². The monoisotopic (exact) mass is 492 g/mol. The van der Waals surface area contributed by atoms with Crippen LogP contribution in [0.15, 0.2) is 48.7 Å². The summed E-state index contributed by atoms with van der Waals surface area (Å²) in [7, 11) is 0. The minimum Gasteiger partial charge on any atom is -0.356 e. The van der Waals surface area contributed by atoms with Crippen molar-refractivity contribution in [2.75, 3.05) is 32.7 Å². The van der Waals surface area contributed by atoms with E-state index in [1.165, 1.54) is 42.5 Å². The Morgan fingerprint density at radius 3 is 2.66 bits per heavy atom. The van der Waals surface area contributed by atoms with E-state index in [9.17, 15) is 9.59 Å². The molecule has 4 heterocycles. The summed E-state index contributed by atoms with van der Waals surface area (Å²) in [5.41, 5.74) is 1.14. The molecule has 2 aliphatic rings. The van der Waals surface area contributed by atoms with E-state index in [0.29, 0.717) is 19.1 Å². The number of thiophene rings is 1. The highest BCUT2D eigenvalue weighted by molar-refractivity contribution is 7.16. The lowest BCUT2D eigenvalue weighted by atomic mass is 9.95. The maximum Gasteiger partial charge on any atom is 0.263 e. The quantitative estimate of drug-likeness (QED) is 0.476. The Hall–Kier alpha value is -2.64. The molecule has 2 aliphatic heterocycles. The van der Waals surface area contributed by atoms with E-state index in [1.54, 1.807) is 0 Å². The third-order valence-corrected chi connectivity index (χ3v) is 8.73. The van der Waals surface area contributed by atoms with Crippen LogP contribution in [0.5, 0.6) is 0 Å². The predicted octanol–water partition coefficient (Wildman–Crippen LogP) is 4.92. The first-order chi connectivity index (χ1) is 17.1. The normalized spacial score (nSPS) is 19.8. The van der Waals surface area contributed by atoms with E-state index in [2.05, 4.69) is 46.1 Å². The van der Waals surface area contributed by atoms with E-state index < -0.39 is 0 Å². The standard InChI is InChI=1S/C28H36N4O2S/c1-21-7-4-5-16-30(21)17-6-15-29-27(33)23-12-18-31(19-13-23)28(34)25-10-11-26(35-25)32-20-14-22-8-2-3-9-24(22)32/h2-3,8-11,14,20-21,23H,4-7,12-13,15-19H2,1H3,(H,29,33). The topological polar surface area (TPSA) is 57.6 Å². The zero-order valence-corrected chi connectivity index (χ0v) is 21.4.